The van der Waals surface area contributed by atoms with E-state index in [1.165, 1.54) is 0 Å². The maximum Gasteiger partial charge on any atom is 0.232 e. The van der Waals surface area contributed by atoms with Gasteiger partial charge < -0.3 is 10.5 Å². The van der Waals surface area contributed by atoms with Gasteiger partial charge in [-0.2, -0.15) is 0 Å². The van der Waals surface area contributed by atoms with Gasteiger partial charge in [0.2, 0.25) is 5.88 Å². The molecule has 0 aromatic carbocycles. The Hall–Kier alpha value is -1.25. The lowest BCUT2D eigenvalue weighted by atomic mass is 10.5. The van der Waals surface area contributed by atoms with Gasteiger partial charge in [-0.25, -0.2) is 4.99 Å². The smallest absolute Gasteiger partial charge is 0.232 e. The molecule has 0 amide bonds. The zero-order chi connectivity index (χ0) is 8.97. The molecule has 12 heavy (non-hydrogen) atoms. The molecule has 1 saturated carbocycles. The van der Waals surface area contributed by atoms with Crippen molar-refractivity contribution in [3.8, 4) is 0 Å². The molecule has 0 aromatic rings. The molecule has 0 aromatic heterocycles. The van der Waals surface area contributed by atoms with Crippen LogP contribution < -0.4 is 5.73 Å². The second-order valence-corrected chi connectivity index (χ2v) is 2.82. The number of aliphatic imine (C=N–C) groups is 1. The number of allylic oxidation sites excluding steroid dienone is 2. The van der Waals surface area contributed by atoms with Crippen LogP contribution in [0, 0.1) is 0 Å². The fourth-order valence-electron chi connectivity index (χ4n) is 0.689. The van der Waals surface area contributed by atoms with Gasteiger partial charge in [-0.1, -0.05) is 12.7 Å². The molecule has 0 aliphatic heterocycles. The van der Waals surface area contributed by atoms with Crippen LogP contribution in [0.4, 0.5) is 0 Å². The van der Waals surface area contributed by atoms with E-state index >= 15 is 0 Å². The second kappa shape index (κ2) is 3.95. The van der Waals surface area contributed by atoms with Gasteiger partial charge in [0.05, 0.1) is 5.70 Å². The van der Waals surface area contributed by atoms with Gasteiger partial charge in [0.1, 0.15) is 6.10 Å². The van der Waals surface area contributed by atoms with E-state index in [9.17, 15) is 0 Å². The molecule has 66 valence electrons. The van der Waals surface area contributed by atoms with Crippen LogP contribution in [0.2, 0.25) is 0 Å². The number of hydrogen-bond donors (Lipinski definition) is 1. The largest absolute Gasteiger partial charge is 0.473 e. The number of rotatable bonds is 4. The third-order valence-corrected chi connectivity index (χ3v) is 1.44. The minimum atomic E-state index is 0.334. The maximum atomic E-state index is 5.56. The molecular formula is C9H14N2O. The van der Waals surface area contributed by atoms with E-state index in [4.69, 9.17) is 10.5 Å². The topological polar surface area (TPSA) is 47.6 Å². The van der Waals surface area contributed by atoms with Gasteiger partial charge >= 0.3 is 0 Å². The van der Waals surface area contributed by atoms with Crippen LogP contribution >= 0.6 is 0 Å². The first-order chi connectivity index (χ1) is 5.74. The Morgan fingerprint density at radius 2 is 2.33 bits per heavy atom. The normalized spacial score (nSPS) is 19.1. The summed E-state index contributed by atoms with van der Waals surface area (Å²) in [5.41, 5.74) is 6.17. The first-order valence-corrected chi connectivity index (χ1v) is 4.02. The van der Waals surface area contributed by atoms with E-state index in [1.807, 2.05) is 0 Å². The highest BCUT2D eigenvalue weighted by Crippen LogP contribution is 2.26. The Balaban J connectivity index is 2.54. The van der Waals surface area contributed by atoms with Crippen molar-refractivity contribution >= 4 is 6.21 Å². The SMILES string of the molecule is C=CC=N/C(OC1CC1)=C(\C)N. The second-order valence-electron chi connectivity index (χ2n) is 2.82. The van der Waals surface area contributed by atoms with E-state index < -0.39 is 0 Å². The molecule has 3 nitrogen and oxygen atoms in total. The number of ether oxygens (including phenoxy) is 1. The summed E-state index contributed by atoms with van der Waals surface area (Å²) in [6.07, 6.45) is 5.73. The summed E-state index contributed by atoms with van der Waals surface area (Å²) in [6.45, 7) is 5.29. The highest BCUT2D eigenvalue weighted by molar-refractivity contribution is 5.71. The van der Waals surface area contributed by atoms with Gasteiger partial charge in [-0.15, -0.1) is 0 Å². The molecule has 2 N–H and O–H groups in total. The fourth-order valence-corrected chi connectivity index (χ4v) is 0.689. The summed E-state index contributed by atoms with van der Waals surface area (Å²) in [5, 5.41) is 0. The Labute approximate surface area is 72.6 Å². The van der Waals surface area contributed by atoms with E-state index in [2.05, 4.69) is 11.6 Å². The summed E-state index contributed by atoms with van der Waals surface area (Å²) in [5.74, 6) is 0.525. The highest BCUT2D eigenvalue weighted by Gasteiger charge is 2.24. The molecule has 0 spiro atoms. The lowest BCUT2D eigenvalue weighted by molar-refractivity contribution is 0.191. The van der Waals surface area contributed by atoms with Crippen LogP contribution in [-0.4, -0.2) is 12.3 Å². The minimum absolute atomic E-state index is 0.334. The van der Waals surface area contributed by atoms with Gasteiger partial charge in [0.15, 0.2) is 0 Å². The molecule has 0 unspecified atom stereocenters. The predicted octanol–water partition coefficient (Wildman–Crippen LogP) is 1.57. The van der Waals surface area contributed by atoms with Crippen LogP contribution in [-0.2, 0) is 4.74 Å². The number of hydrogen-bond acceptors (Lipinski definition) is 3. The summed E-state index contributed by atoms with van der Waals surface area (Å²) in [6, 6.07) is 0. The predicted molar refractivity (Wildman–Crippen MR) is 49.7 cm³/mol. The third-order valence-electron chi connectivity index (χ3n) is 1.44. The van der Waals surface area contributed by atoms with Crippen LogP contribution in [0.5, 0.6) is 0 Å². The molecule has 1 rings (SSSR count). The standard InChI is InChI=1S/C9H14N2O/c1-3-6-11-9(7(2)10)12-8-4-5-8/h3,6,8H,1,4-5,10H2,2H3/b9-7-,11-6?. The van der Waals surface area contributed by atoms with Crippen molar-refractivity contribution in [2.24, 2.45) is 10.7 Å². The first kappa shape index (κ1) is 8.84. The Morgan fingerprint density at radius 3 is 2.75 bits per heavy atom. The third kappa shape index (κ3) is 2.78. The van der Waals surface area contributed by atoms with Crippen molar-refractivity contribution in [3.05, 3.63) is 24.2 Å². The molecule has 0 radical (unpaired) electrons. The number of nitrogens with zero attached hydrogens (tertiary/aromatic N) is 1. The van der Waals surface area contributed by atoms with Crippen molar-refractivity contribution in [1.29, 1.82) is 0 Å². The summed E-state index contributed by atoms with van der Waals surface area (Å²) in [7, 11) is 0. The Kier molecular flexibility index (Phi) is 2.91. The molecule has 0 bridgehead atoms. The Morgan fingerprint density at radius 1 is 1.67 bits per heavy atom. The average molecular weight is 166 g/mol. The minimum Gasteiger partial charge on any atom is -0.473 e. The van der Waals surface area contributed by atoms with Gasteiger partial charge in [-0.3, -0.25) is 0 Å². The van der Waals surface area contributed by atoms with Crippen molar-refractivity contribution in [2.75, 3.05) is 0 Å². The molecule has 1 aliphatic rings. The van der Waals surface area contributed by atoms with Crippen molar-refractivity contribution in [3.63, 3.8) is 0 Å². The van der Waals surface area contributed by atoms with Gasteiger partial charge in [0.25, 0.3) is 0 Å². The lowest BCUT2D eigenvalue weighted by Gasteiger charge is -2.04. The van der Waals surface area contributed by atoms with Gasteiger partial charge in [-0.05, 0) is 19.8 Å². The maximum absolute atomic E-state index is 5.56. The lowest BCUT2D eigenvalue weighted by Crippen LogP contribution is -2.02. The van der Waals surface area contributed by atoms with E-state index in [0.717, 1.165) is 12.8 Å². The molecule has 0 saturated heterocycles. The summed E-state index contributed by atoms with van der Waals surface area (Å²) in [4.78, 5) is 4.01. The highest BCUT2D eigenvalue weighted by atomic mass is 16.5. The van der Waals surface area contributed by atoms with E-state index in [1.54, 1.807) is 19.2 Å². The molecule has 0 atom stereocenters. The number of nitrogens with two attached hydrogens (primary N) is 1. The Bertz CT molecular complexity index is 223. The molecule has 1 fully saturated rings. The summed E-state index contributed by atoms with van der Waals surface area (Å²) < 4.78 is 5.43. The molecular weight excluding hydrogens is 152 g/mol. The van der Waals surface area contributed by atoms with Crippen molar-refractivity contribution in [1.82, 2.24) is 0 Å². The monoisotopic (exact) mass is 166 g/mol. The average Bonchev–Trinajstić information content (AvgIpc) is 2.80. The van der Waals surface area contributed by atoms with Crippen molar-refractivity contribution in [2.45, 2.75) is 25.9 Å². The van der Waals surface area contributed by atoms with Crippen LogP contribution in [0.15, 0.2) is 29.2 Å². The van der Waals surface area contributed by atoms with Crippen LogP contribution in [0.3, 0.4) is 0 Å². The summed E-state index contributed by atoms with van der Waals surface area (Å²) >= 11 is 0. The molecule has 3 heteroatoms. The van der Waals surface area contributed by atoms with E-state index in [-0.39, 0.29) is 0 Å². The van der Waals surface area contributed by atoms with Gasteiger partial charge in [0, 0.05) is 6.21 Å². The quantitative estimate of drug-likeness (QED) is 0.509. The van der Waals surface area contributed by atoms with Crippen LogP contribution in [0.1, 0.15) is 19.8 Å². The van der Waals surface area contributed by atoms with Crippen molar-refractivity contribution < 1.29 is 4.74 Å². The van der Waals surface area contributed by atoms with Crippen LogP contribution in [0.25, 0.3) is 0 Å². The zero-order valence-electron chi connectivity index (χ0n) is 7.29. The molecule has 0 heterocycles. The fraction of sp³-hybridized carbons (Fsp3) is 0.444. The van der Waals surface area contributed by atoms with E-state index in [0.29, 0.717) is 17.7 Å². The first-order valence-electron chi connectivity index (χ1n) is 4.02. The zero-order valence-corrected chi connectivity index (χ0v) is 7.29. The molecule has 1 aliphatic carbocycles.